The lowest BCUT2D eigenvalue weighted by molar-refractivity contribution is 0.147. The number of aliphatic hydroxyl groups excluding tert-OH is 1. The first-order chi connectivity index (χ1) is 8.63. The van der Waals surface area contributed by atoms with Crippen molar-refractivity contribution in [1.82, 2.24) is 5.32 Å². The van der Waals surface area contributed by atoms with Gasteiger partial charge in [-0.2, -0.15) is 0 Å². The Morgan fingerprint density at radius 2 is 1.89 bits per heavy atom. The van der Waals surface area contributed by atoms with E-state index in [0.717, 1.165) is 24.3 Å². The molecule has 102 valence electrons. The molecule has 1 aromatic rings. The van der Waals surface area contributed by atoms with Gasteiger partial charge in [0.25, 0.3) is 0 Å². The summed E-state index contributed by atoms with van der Waals surface area (Å²) in [5.74, 6) is 0.844. The van der Waals surface area contributed by atoms with E-state index < -0.39 is 0 Å². The van der Waals surface area contributed by atoms with Crippen LogP contribution in [0, 0.1) is 0 Å². The Balaban J connectivity index is 2.59. The molecule has 0 aliphatic heterocycles. The first-order valence-corrected chi connectivity index (χ1v) is 6.11. The summed E-state index contributed by atoms with van der Waals surface area (Å²) in [7, 11) is 3.32. The minimum absolute atomic E-state index is 0.0861. The van der Waals surface area contributed by atoms with Crippen molar-refractivity contribution < 1.29 is 14.6 Å². The van der Waals surface area contributed by atoms with E-state index >= 15 is 0 Å². The van der Waals surface area contributed by atoms with Gasteiger partial charge in [-0.25, -0.2) is 0 Å². The van der Waals surface area contributed by atoms with Gasteiger partial charge in [0.15, 0.2) is 0 Å². The maximum absolute atomic E-state index is 9.52. The molecule has 0 fully saturated rings. The molecule has 0 amide bonds. The third kappa shape index (κ3) is 4.64. The maximum atomic E-state index is 9.52. The molecule has 0 aliphatic carbocycles. The molecule has 0 aromatic heterocycles. The molecular formula is C14H23NO3. The highest BCUT2D eigenvalue weighted by Gasteiger charge is 2.22. The smallest absolute Gasteiger partial charge is 0.118 e. The van der Waals surface area contributed by atoms with Gasteiger partial charge < -0.3 is 19.9 Å². The summed E-state index contributed by atoms with van der Waals surface area (Å²) in [5.41, 5.74) is 0.838. The summed E-state index contributed by atoms with van der Waals surface area (Å²) in [6.45, 7) is 3.46. The number of nitrogens with one attached hydrogen (secondary N) is 1. The van der Waals surface area contributed by atoms with Crippen LogP contribution in [0.4, 0.5) is 0 Å². The summed E-state index contributed by atoms with van der Waals surface area (Å²) < 4.78 is 10.1. The van der Waals surface area contributed by atoms with E-state index in [1.54, 1.807) is 14.2 Å². The van der Waals surface area contributed by atoms with Gasteiger partial charge in [-0.1, -0.05) is 12.1 Å². The van der Waals surface area contributed by atoms with Crippen LogP contribution in [0.15, 0.2) is 24.3 Å². The van der Waals surface area contributed by atoms with Crippen molar-refractivity contribution in [1.29, 1.82) is 0 Å². The fraction of sp³-hybridized carbons (Fsp3) is 0.571. The van der Waals surface area contributed by atoms with E-state index in [-0.39, 0.29) is 12.1 Å². The SMILES string of the molecule is COCCNC(C)(CO)Cc1ccc(OC)cc1. The second kappa shape index (κ2) is 7.36. The zero-order valence-corrected chi connectivity index (χ0v) is 11.4. The minimum Gasteiger partial charge on any atom is -0.497 e. The zero-order chi connectivity index (χ0) is 13.4. The van der Waals surface area contributed by atoms with Crippen molar-refractivity contribution in [2.75, 3.05) is 34.0 Å². The predicted octanol–water partition coefficient (Wildman–Crippen LogP) is 1.22. The van der Waals surface area contributed by atoms with Gasteiger partial charge in [-0.05, 0) is 31.0 Å². The number of methoxy groups -OCH3 is 2. The van der Waals surface area contributed by atoms with Crippen molar-refractivity contribution in [3.63, 3.8) is 0 Å². The number of aliphatic hydroxyl groups is 1. The Hall–Kier alpha value is -1.10. The summed E-state index contributed by atoms with van der Waals surface area (Å²) in [6.07, 6.45) is 0.761. The zero-order valence-electron chi connectivity index (χ0n) is 11.4. The fourth-order valence-corrected chi connectivity index (χ4v) is 1.82. The van der Waals surface area contributed by atoms with Gasteiger partial charge in [0, 0.05) is 19.2 Å². The molecule has 0 radical (unpaired) electrons. The first-order valence-electron chi connectivity index (χ1n) is 6.11. The number of benzene rings is 1. The molecular weight excluding hydrogens is 230 g/mol. The van der Waals surface area contributed by atoms with Crippen LogP contribution in [0.2, 0.25) is 0 Å². The predicted molar refractivity (Wildman–Crippen MR) is 72.1 cm³/mol. The normalized spacial score (nSPS) is 14.2. The Morgan fingerprint density at radius 3 is 2.39 bits per heavy atom. The monoisotopic (exact) mass is 253 g/mol. The Morgan fingerprint density at radius 1 is 1.22 bits per heavy atom. The molecule has 1 rings (SSSR count). The van der Waals surface area contributed by atoms with E-state index in [1.165, 1.54) is 0 Å². The van der Waals surface area contributed by atoms with E-state index in [2.05, 4.69) is 5.32 Å². The highest BCUT2D eigenvalue weighted by molar-refractivity contribution is 5.28. The molecule has 1 atom stereocenters. The third-order valence-corrected chi connectivity index (χ3v) is 2.96. The van der Waals surface area contributed by atoms with Crippen LogP contribution in [-0.4, -0.2) is 44.6 Å². The minimum atomic E-state index is -0.326. The summed E-state index contributed by atoms with van der Waals surface area (Å²) in [5, 5.41) is 12.8. The van der Waals surface area contributed by atoms with Gasteiger partial charge in [0.05, 0.1) is 20.3 Å². The number of hydrogen-bond donors (Lipinski definition) is 2. The van der Waals surface area contributed by atoms with Crippen LogP contribution in [0.1, 0.15) is 12.5 Å². The molecule has 0 bridgehead atoms. The summed E-state index contributed by atoms with van der Waals surface area (Å²) >= 11 is 0. The van der Waals surface area contributed by atoms with E-state index in [1.807, 2.05) is 31.2 Å². The van der Waals surface area contributed by atoms with Gasteiger partial charge in [0.1, 0.15) is 5.75 Å². The van der Waals surface area contributed by atoms with E-state index in [9.17, 15) is 5.11 Å². The lowest BCUT2D eigenvalue weighted by atomic mass is 9.93. The average molecular weight is 253 g/mol. The van der Waals surface area contributed by atoms with Crippen LogP contribution in [-0.2, 0) is 11.2 Å². The molecule has 1 aromatic carbocycles. The average Bonchev–Trinajstić information content (AvgIpc) is 2.40. The highest BCUT2D eigenvalue weighted by Crippen LogP contribution is 2.16. The second-order valence-electron chi connectivity index (χ2n) is 4.66. The van der Waals surface area contributed by atoms with Gasteiger partial charge in [-0.3, -0.25) is 0 Å². The molecule has 1 unspecified atom stereocenters. The Bertz CT molecular complexity index is 339. The van der Waals surface area contributed by atoms with E-state index in [4.69, 9.17) is 9.47 Å². The molecule has 18 heavy (non-hydrogen) atoms. The van der Waals surface area contributed by atoms with E-state index in [0.29, 0.717) is 6.61 Å². The molecule has 2 N–H and O–H groups in total. The van der Waals surface area contributed by atoms with Crippen molar-refractivity contribution in [2.45, 2.75) is 18.9 Å². The lowest BCUT2D eigenvalue weighted by Gasteiger charge is -2.29. The lowest BCUT2D eigenvalue weighted by Crippen LogP contribution is -2.48. The third-order valence-electron chi connectivity index (χ3n) is 2.96. The largest absolute Gasteiger partial charge is 0.497 e. The topological polar surface area (TPSA) is 50.7 Å². The second-order valence-corrected chi connectivity index (χ2v) is 4.66. The van der Waals surface area contributed by atoms with Crippen molar-refractivity contribution in [2.24, 2.45) is 0 Å². The van der Waals surface area contributed by atoms with Crippen LogP contribution in [0.25, 0.3) is 0 Å². The Labute approximate surface area is 109 Å². The molecule has 0 aliphatic rings. The van der Waals surface area contributed by atoms with Crippen LogP contribution in [0.5, 0.6) is 5.75 Å². The first kappa shape index (κ1) is 15.0. The van der Waals surface area contributed by atoms with Crippen molar-refractivity contribution in [3.05, 3.63) is 29.8 Å². The van der Waals surface area contributed by atoms with Gasteiger partial charge in [-0.15, -0.1) is 0 Å². The van der Waals surface area contributed by atoms with Crippen molar-refractivity contribution >= 4 is 0 Å². The molecule has 4 nitrogen and oxygen atoms in total. The molecule has 0 spiro atoms. The van der Waals surface area contributed by atoms with Crippen molar-refractivity contribution in [3.8, 4) is 5.75 Å². The summed E-state index contributed by atoms with van der Waals surface area (Å²) in [4.78, 5) is 0. The number of hydrogen-bond acceptors (Lipinski definition) is 4. The maximum Gasteiger partial charge on any atom is 0.118 e. The van der Waals surface area contributed by atoms with Crippen LogP contribution >= 0.6 is 0 Å². The standard InChI is InChI=1S/C14H23NO3/c1-14(11-16,15-8-9-17-2)10-12-4-6-13(18-3)7-5-12/h4-7,15-16H,8-11H2,1-3H3. The fourth-order valence-electron chi connectivity index (χ4n) is 1.82. The van der Waals surface area contributed by atoms with Gasteiger partial charge >= 0.3 is 0 Å². The van der Waals surface area contributed by atoms with Crippen LogP contribution in [0.3, 0.4) is 0 Å². The number of rotatable bonds is 8. The molecule has 4 heteroatoms. The molecule has 0 heterocycles. The van der Waals surface area contributed by atoms with Gasteiger partial charge in [0.2, 0.25) is 0 Å². The highest BCUT2D eigenvalue weighted by atomic mass is 16.5. The molecule has 0 saturated heterocycles. The quantitative estimate of drug-likeness (QED) is 0.684. The molecule has 0 saturated carbocycles. The number of ether oxygens (including phenoxy) is 2. The van der Waals surface area contributed by atoms with Crippen LogP contribution < -0.4 is 10.1 Å². The Kier molecular flexibility index (Phi) is 6.12. The summed E-state index contributed by atoms with van der Waals surface area (Å²) in [6, 6.07) is 7.90.